The number of anilines is 2. The summed E-state index contributed by atoms with van der Waals surface area (Å²) < 4.78 is 0. The van der Waals surface area contributed by atoms with Gasteiger partial charge >= 0.3 is 0 Å². The average Bonchev–Trinajstić information content (AvgIpc) is 3.23. The van der Waals surface area contributed by atoms with Gasteiger partial charge in [0.1, 0.15) is 5.69 Å². The van der Waals surface area contributed by atoms with Gasteiger partial charge in [-0.15, -0.1) is 0 Å². The van der Waals surface area contributed by atoms with Crippen LogP contribution in [0.15, 0.2) is 67.1 Å². The molecular weight excluding hydrogens is 416 g/mol. The highest BCUT2D eigenvalue weighted by atomic mass is 16.2. The largest absolute Gasteiger partial charge is 0.326 e. The zero-order valence-corrected chi connectivity index (χ0v) is 18.0. The summed E-state index contributed by atoms with van der Waals surface area (Å²) >= 11 is 0. The van der Waals surface area contributed by atoms with Gasteiger partial charge in [0.05, 0.1) is 29.1 Å². The number of benzene rings is 2. The third-order valence-electron chi connectivity index (χ3n) is 5.26. The molecule has 0 radical (unpaired) electrons. The van der Waals surface area contributed by atoms with Crippen molar-refractivity contribution in [2.24, 2.45) is 0 Å². The van der Waals surface area contributed by atoms with Crippen molar-refractivity contribution in [2.75, 3.05) is 10.6 Å². The normalized spacial score (nSPS) is 11.0. The van der Waals surface area contributed by atoms with E-state index in [1.807, 2.05) is 42.5 Å². The van der Waals surface area contributed by atoms with Crippen LogP contribution in [0.3, 0.4) is 0 Å². The monoisotopic (exact) mass is 436 g/mol. The average molecular weight is 436 g/mol. The minimum absolute atomic E-state index is 0.116. The van der Waals surface area contributed by atoms with Crippen molar-refractivity contribution < 1.29 is 9.59 Å². The summed E-state index contributed by atoms with van der Waals surface area (Å²) in [7, 11) is 0. The van der Waals surface area contributed by atoms with Gasteiger partial charge in [0.2, 0.25) is 11.8 Å². The topological polar surface area (TPSA) is 113 Å². The van der Waals surface area contributed by atoms with E-state index in [0.717, 1.165) is 49.9 Å². The SMILES string of the molecule is CC(=O)Nc1ccc(-c2n[nH]c3cnc4ccc(-c5cncc(NC(C)=O)c5)cc4c23)cc1. The molecule has 0 aliphatic carbocycles. The van der Waals surface area contributed by atoms with Gasteiger partial charge in [-0.05, 0) is 35.9 Å². The summed E-state index contributed by atoms with van der Waals surface area (Å²) in [4.78, 5) is 31.6. The fourth-order valence-corrected chi connectivity index (χ4v) is 3.88. The van der Waals surface area contributed by atoms with Crippen LogP contribution in [0.1, 0.15) is 13.8 Å². The third kappa shape index (κ3) is 4.01. The summed E-state index contributed by atoms with van der Waals surface area (Å²) in [5.41, 5.74) is 6.58. The molecule has 8 heteroatoms. The van der Waals surface area contributed by atoms with E-state index < -0.39 is 0 Å². The second-order valence-electron chi connectivity index (χ2n) is 7.75. The van der Waals surface area contributed by atoms with E-state index in [4.69, 9.17) is 0 Å². The van der Waals surface area contributed by atoms with Crippen LogP contribution in [0.5, 0.6) is 0 Å². The number of rotatable bonds is 4. The Kier molecular flexibility index (Phi) is 5.02. The van der Waals surface area contributed by atoms with Crippen LogP contribution in [0.25, 0.3) is 44.2 Å². The van der Waals surface area contributed by atoms with Crippen molar-refractivity contribution >= 4 is 45.0 Å². The Balaban J connectivity index is 1.63. The van der Waals surface area contributed by atoms with Crippen molar-refractivity contribution in [3.63, 3.8) is 0 Å². The van der Waals surface area contributed by atoms with Crippen LogP contribution in [0.2, 0.25) is 0 Å². The second-order valence-corrected chi connectivity index (χ2v) is 7.75. The molecule has 8 nitrogen and oxygen atoms in total. The lowest BCUT2D eigenvalue weighted by atomic mass is 10.00. The van der Waals surface area contributed by atoms with E-state index in [1.165, 1.54) is 13.8 Å². The quantitative estimate of drug-likeness (QED) is 0.376. The van der Waals surface area contributed by atoms with Crippen LogP contribution in [-0.2, 0) is 9.59 Å². The standard InChI is InChI=1S/C25H20N6O2/c1-14(32)28-19-6-3-16(4-7-19)25-24-21-10-17(5-8-22(21)27-13-23(24)30-31-25)18-9-20(12-26-11-18)29-15(2)33/h3-13H,1-2H3,(H,28,32)(H,29,33)(H,30,31). The van der Waals surface area contributed by atoms with E-state index in [2.05, 4.69) is 36.9 Å². The molecular formula is C25H20N6O2. The molecule has 2 aromatic carbocycles. The molecule has 0 unspecified atom stereocenters. The Labute approximate surface area is 189 Å². The van der Waals surface area contributed by atoms with Crippen molar-refractivity contribution in [1.82, 2.24) is 20.2 Å². The number of hydrogen-bond donors (Lipinski definition) is 3. The summed E-state index contributed by atoms with van der Waals surface area (Å²) in [5.74, 6) is -0.263. The number of fused-ring (bicyclic) bond motifs is 3. The molecule has 5 rings (SSSR count). The highest BCUT2D eigenvalue weighted by Crippen LogP contribution is 2.34. The second kappa shape index (κ2) is 8.16. The Morgan fingerprint density at radius 2 is 1.52 bits per heavy atom. The van der Waals surface area contributed by atoms with Crippen LogP contribution < -0.4 is 10.6 Å². The lowest BCUT2D eigenvalue weighted by Gasteiger charge is -2.08. The van der Waals surface area contributed by atoms with Crippen molar-refractivity contribution in [3.8, 4) is 22.4 Å². The van der Waals surface area contributed by atoms with Gasteiger partial charge in [0.25, 0.3) is 0 Å². The Bertz CT molecular complexity index is 1520. The highest BCUT2D eigenvalue weighted by molar-refractivity contribution is 6.12. The molecule has 0 atom stereocenters. The molecule has 33 heavy (non-hydrogen) atoms. The zero-order valence-electron chi connectivity index (χ0n) is 18.0. The molecule has 5 aromatic rings. The first-order valence-electron chi connectivity index (χ1n) is 10.4. The molecule has 0 aliphatic heterocycles. The minimum atomic E-state index is -0.147. The van der Waals surface area contributed by atoms with Gasteiger partial charge in [0, 0.05) is 47.6 Å². The summed E-state index contributed by atoms with van der Waals surface area (Å²) in [6.07, 6.45) is 5.15. The molecule has 0 bridgehead atoms. The number of carbonyl (C=O) groups is 2. The van der Waals surface area contributed by atoms with E-state index >= 15 is 0 Å². The first kappa shape index (κ1) is 20.3. The summed E-state index contributed by atoms with van der Waals surface area (Å²) in [6.45, 7) is 2.95. The molecule has 3 N–H and O–H groups in total. The number of hydrogen-bond acceptors (Lipinski definition) is 5. The highest BCUT2D eigenvalue weighted by Gasteiger charge is 2.14. The molecule has 0 aliphatic rings. The molecule has 0 saturated carbocycles. The number of nitrogens with zero attached hydrogens (tertiary/aromatic N) is 3. The molecule has 0 fully saturated rings. The minimum Gasteiger partial charge on any atom is -0.326 e. The number of aromatic nitrogens is 4. The van der Waals surface area contributed by atoms with E-state index in [0.29, 0.717) is 5.69 Å². The van der Waals surface area contributed by atoms with Crippen molar-refractivity contribution in [2.45, 2.75) is 13.8 Å². The fraction of sp³-hybridized carbons (Fsp3) is 0.0800. The molecule has 3 heterocycles. The summed E-state index contributed by atoms with van der Waals surface area (Å²) in [5, 5.41) is 15.1. The maximum Gasteiger partial charge on any atom is 0.221 e. The van der Waals surface area contributed by atoms with E-state index in [-0.39, 0.29) is 11.8 Å². The summed E-state index contributed by atoms with van der Waals surface area (Å²) in [6, 6.07) is 15.5. The lowest BCUT2D eigenvalue weighted by Crippen LogP contribution is -2.05. The maximum atomic E-state index is 11.4. The Morgan fingerprint density at radius 1 is 0.788 bits per heavy atom. The van der Waals surface area contributed by atoms with Crippen molar-refractivity contribution in [1.29, 1.82) is 0 Å². The first-order chi connectivity index (χ1) is 16.0. The molecule has 162 valence electrons. The van der Waals surface area contributed by atoms with Crippen LogP contribution in [-0.4, -0.2) is 32.0 Å². The zero-order chi connectivity index (χ0) is 22.9. The maximum absolute atomic E-state index is 11.4. The predicted octanol–water partition coefficient (Wildman–Crippen LogP) is 4.76. The molecule has 0 spiro atoms. The lowest BCUT2D eigenvalue weighted by molar-refractivity contribution is -0.115. The van der Waals surface area contributed by atoms with Crippen LogP contribution in [0, 0.1) is 0 Å². The van der Waals surface area contributed by atoms with Gasteiger partial charge in [0.15, 0.2) is 0 Å². The number of carbonyl (C=O) groups excluding carboxylic acids is 2. The fourth-order valence-electron chi connectivity index (χ4n) is 3.88. The Hall–Kier alpha value is -4.59. The van der Waals surface area contributed by atoms with E-state index in [1.54, 1.807) is 18.6 Å². The van der Waals surface area contributed by atoms with Crippen LogP contribution >= 0.6 is 0 Å². The van der Waals surface area contributed by atoms with Gasteiger partial charge < -0.3 is 10.6 Å². The first-order valence-corrected chi connectivity index (χ1v) is 10.4. The Morgan fingerprint density at radius 3 is 2.27 bits per heavy atom. The van der Waals surface area contributed by atoms with Gasteiger partial charge in [-0.3, -0.25) is 24.7 Å². The van der Waals surface area contributed by atoms with E-state index in [9.17, 15) is 9.59 Å². The van der Waals surface area contributed by atoms with Gasteiger partial charge in [-0.2, -0.15) is 5.10 Å². The molecule has 0 saturated heterocycles. The third-order valence-corrected chi connectivity index (χ3v) is 5.26. The number of H-pyrrole nitrogens is 1. The smallest absolute Gasteiger partial charge is 0.221 e. The predicted molar refractivity (Wildman–Crippen MR) is 129 cm³/mol. The van der Waals surface area contributed by atoms with Gasteiger partial charge in [-0.25, -0.2) is 0 Å². The van der Waals surface area contributed by atoms with Gasteiger partial charge in [-0.1, -0.05) is 18.2 Å². The molecule has 2 amide bonds. The van der Waals surface area contributed by atoms with Crippen molar-refractivity contribution in [3.05, 3.63) is 67.1 Å². The van der Waals surface area contributed by atoms with Crippen LogP contribution in [0.4, 0.5) is 11.4 Å². The molecule has 3 aromatic heterocycles. The number of pyridine rings is 2. The number of nitrogens with one attached hydrogen (secondary N) is 3. The number of amides is 2. The number of aromatic amines is 1.